The lowest BCUT2D eigenvalue weighted by molar-refractivity contribution is 1.25. The number of anilines is 1. The van der Waals surface area contributed by atoms with Crippen LogP contribution in [-0.2, 0) is 0 Å². The van der Waals surface area contributed by atoms with E-state index in [-0.39, 0.29) is 0 Å². The third kappa shape index (κ3) is 2.76. The molecule has 0 spiro atoms. The van der Waals surface area contributed by atoms with Gasteiger partial charge >= 0.3 is 0 Å². The lowest BCUT2D eigenvalue weighted by Crippen LogP contribution is -1.93. The monoisotopic (exact) mass is 405 g/mol. The fourth-order valence-corrected chi connectivity index (χ4v) is 3.47. The van der Waals surface area contributed by atoms with E-state index < -0.39 is 0 Å². The third-order valence-electron chi connectivity index (χ3n) is 3.28. The molecule has 0 unspecified atom stereocenters. The van der Waals surface area contributed by atoms with Crippen LogP contribution < -0.4 is 5.73 Å². The van der Waals surface area contributed by atoms with Crippen LogP contribution in [0.15, 0.2) is 51.4 Å². The van der Waals surface area contributed by atoms with E-state index >= 15 is 0 Å². The number of imidazole rings is 1. The number of rotatable bonds is 2. The summed E-state index contributed by atoms with van der Waals surface area (Å²) >= 11 is 6.96. The van der Waals surface area contributed by atoms with Crippen molar-refractivity contribution in [3.8, 4) is 22.6 Å². The number of nitrogens with two attached hydrogens (primary N) is 1. The summed E-state index contributed by atoms with van der Waals surface area (Å²) in [6, 6.07) is 14.0. The number of nitrogen functional groups attached to an aromatic ring is 1. The minimum atomic E-state index is 0.673. The van der Waals surface area contributed by atoms with Crippen molar-refractivity contribution in [1.29, 1.82) is 0 Å². The van der Waals surface area contributed by atoms with Crippen LogP contribution in [0.2, 0.25) is 0 Å². The van der Waals surface area contributed by atoms with Crippen LogP contribution >= 0.6 is 31.9 Å². The van der Waals surface area contributed by atoms with E-state index in [9.17, 15) is 0 Å². The number of H-pyrrole nitrogens is 1. The largest absolute Gasteiger partial charge is 0.397 e. The Balaban J connectivity index is 2.14. The summed E-state index contributed by atoms with van der Waals surface area (Å²) in [6.07, 6.45) is 0. The van der Waals surface area contributed by atoms with E-state index in [4.69, 9.17) is 10.7 Å². The number of hydrogen-bond acceptors (Lipinski definition) is 2. The highest BCUT2D eigenvalue weighted by molar-refractivity contribution is 9.11. The van der Waals surface area contributed by atoms with Crippen LogP contribution in [-0.4, -0.2) is 9.97 Å². The van der Waals surface area contributed by atoms with Crippen LogP contribution in [0.1, 0.15) is 5.69 Å². The SMILES string of the molecule is Cc1[nH]c(-c2cc(Br)cc(Br)c2N)nc1-c1ccccc1. The molecule has 0 fully saturated rings. The molecule has 3 nitrogen and oxygen atoms in total. The zero-order valence-corrected chi connectivity index (χ0v) is 14.5. The van der Waals surface area contributed by atoms with E-state index in [2.05, 4.69) is 36.8 Å². The molecule has 0 atom stereocenters. The van der Waals surface area contributed by atoms with Gasteiger partial charge in [-0.1, -0.05) is 46.3 Å². The van der Waals surface area contributed by atoms with Crippen LogP contribution in [0, 0.1) is 6.92 Å². The molecule has 3 rings (SSSR count). The number of nitrogens with one attached hydrogen (secondary N) is 1. The summed E-state index contributed by atoms with van der Waals surface area (Å²) in [5.74, 6) is 0.769. The Hall–Kier alpha value is -1.59. The number of aryl methyl sites for hydroxylation is 1. The van der Waals surface area contributed by atoms with Gasteiger partial charge in [0, 0.05) is 25.8 Å². The van der Waals surface area contributed by atoms with Crippen molar-refractivity contribution in [2.45, 2.75) is 6.92 Å². The summed E-state index contributed by atoms with van der Waals surface area (Å²) in [7, 11) is 0. The fourth-order valence-electron chi connectivity index (χ4n) is 2.25. The van der Waals surface area contributed by atoms with Gasteiger partial charge in [-0.3, -0.25) is 0 Å². The summed E-state index contributed by atoms with van der Waals surface area (Å²) in [5, 5.41) is 0. The standard InChI is InChI=1S/C16H13Br2N3/c1-9-15(10-5-3-2-4-6-10)21-16(20-9)12-7-11(17)8-13(18)14(12)19/h2-8H,19H2,1H3,(H,20,21). The maximum atomic E-state index is 6.15. The molecule has 3 aromatic rings. The highest BCUT2D eigenvalue weighted by Gasteiger charge is 2.14. The van der Waals surface area contributed by atoms with E-state index in [1.807, 2.05) is 49.4 Å². The second-order valence-electron chi connectivity index (χ2n) is 4.77. The Kier molecular flexibility index (Phi) is 3.87. The van der Waals surface area contributed by atoms with Gasteiger partial charge in [-0.05, 0) is 35.0 Å². The Morgan fingerprint density at radius 3 is 2.52 bits per heavy atom. The molecule has 0 aliphatic heterocycles. The van der Waals surface area contributed by atoms with Gasteiger partial charge in [0.05, 0.1) is 11.4 Å². The lowest BCUT2D eigenvalue weighted by Gasteiger charge is -2.06. The number of hydrogen-bond donors (Lipinski definition) is 2. The van der Waals surface area contributed by atoms with E-state index in [0.29, 0.717) is 5.69 Å². The van der Waals surface area contributed by atoms with Gasteiger partial charge in [-0.25, -0.2) is 4.98 Å². The first-order chi connectivity index (χ1) is 10.1. The number of halogens is 2. The molecule has 1 heterocycles. The summed E-state index contributed by atoms with van der Waals surface area (Å²) in [6.45, 7) is 2.02. The van der Waals surface area contributed by atoms with Gasteiger partial charge in [-0.2, -0.15) is 0 Å². The van der Waals surface area contributed by atoms with Crippen LogP contribution in [0.25, 0.3) is 22.6 Å². The van der Waals surface area contributed by atoms with Crippen molar-refractivity contribution < 1.29 is 0 Å². The van der Waals surface area contributed by atoms with Gasteiger partial charge in [-0.15, -0.1) is 0 Å². The second-order valence-corrected chi connectivity index (χ2v) is 6.54. The van der Waals surface area contributed by atoms with Crippen LogP contribution in [0.5, 0.6) is 0 Å². The molecule has 2 aromatic carbocycles. The minimum Gasteiger partial charge on any atom is -0.397 e. The third-order valence-corrected chi connectivity index (χ3v) is 4.40. The van der Waals surface area contributed by atoms with Crippen molar-refractivity contribution in [1.82, 2.24) is 9.97 Å². The zero-order chi connectivity index (χ0) is 15.0. The first kappa shape index (κ1) is 14.4. The van der Waals surface area contributed by atoms with Crippen LogP contribution in [0.4, 0.5) is 5.69 Å². The average Bonchev–Trinajstić information content (AvgIpc) is 2.85. The van der Waals surface area contributed by atoms with Crippen molar-refractivity contribution in [3.05, 3.63) is 57.1 Å². The quantitative estimate of drug-likeness (QED) is 0.577. The fraction of sp³-hybridized carbons (Fsp3) is 0.0625. The van der Waals surface area contributed by atoms with Gasteiger partial charge in [0.25, 0.3) is 0 Å². The van der Waals surface area contributed by atoms with Gasteiger partial charge in [0.15, 0.2) is 0 Å². The van der Waals surface area contributed by atoms with E-state index in [0.717, 1.165) is 37.3 Å². The van der Waals surface area contributed by atoms with Crippen molar-refractivity contribution in [2.75, 3.05) is 5.73 Å². The van der Waals surface area contributed by atoms with Gasteiger partial charge in [0.2, 0.25) is 0 Å². The predicted molar refractivity (Wildman–Crippen MR) is 94.0 cm³/mol. The Morgan fingerprint density at radius 1 is 1.10 bits per heavy atom. The maximum absolute atomic E-state index is 6.15. The molecule has 0 aliphatic carbocycles. The number of nitrogens with zero attached hydrogens (tertiary/aromatic N) is 1. The molecular weight excluding hydrogens is 394 g/mol. The Morgan fingerprint density at radius 2 is 1.81 bits per heavy atom. The summed E-state index contributed by atoms with van der Waals surface area (Å²) in [5.41, 5.74) is 10.8. The Bertz CT molecular complexity index is 795. The summed E-state index contributed by atoms with van der Waals surface area (Å²) in [4.78, 5) is 8.04. The Labute approximate surface area is 139 Å². The molecule has 1 aromatic heterocycles. The molecule has 21 heavy (non-hydrogen) atoms. The maximum Gasteiger partial charge on any atom is 0.140 e. The first-order valence-electron chi connectivity index (χ1n) is 6.43. The molecule has 3 N–H and O–H groups in total. The van der Waals surface area contributed by atoms with Crippen LogP contribution in [0.3, 0.4) is 0 Å². The molecule has 0 bridgehead atoms. The molecular formula is C16H13Br2N3. The smallest absolute Gasteiger partial charge is 0.140 e. The predicted octanol–water partition coefficient (Wildman–Crippen LogP) is 5.16. The first-order valence-corrected chi connectivity index (χ1v) is 8.02. The number of benzene rings is 2. The average molecular weight is 407 g/mol. The highest BCUT2D eigenvalue weighted by Crippen LogP contribution is 2.35. The number of aromatic amines is 1. The highest BCUT2D eigenvalue weighted by atomic mass is 79.9. The van der Waals surface area contributed by atoms with Crippen molar-refractivity contribution in [2.24, 2.45) is 0 Å². The van der Waals surface area contributed by atoms with E-state index in [1.165, 1.54) is 0 Å². The van der Waals surface area contributed by atoms with Gasteiger partial charge in [0.1, 0.15) is 5.82 Å². The molecule has 0 radical (unpaired) electrons. The second kappa shape index (κ2) is 5.66. The molecule has 106 valence electrons. The molecule has 0 amide bonds. The lowest BCUT2D eigenvalue weighted by atomic mass is 10.1. The normalized spacial score (nSPS) is 10.8. The van der Waals surface area contributed by atoms with Gasteiger partial charge < -0.3 is 10.7 Å². The topological polar surface area (TPSA) is 54.7 Å². The zero-order valence-electron chi connectivity index (χ0n) is 11.3. The molecule has 0 saturated carbocycles. The minimum absolute atomic E-state index is 0.673. The summed E-state index contributed by atoms with van der Waals surface area (Å²) < 4.78 is 1.80. The van der Waals surface area contributed by atoms with Crippen molar-refractivity contribution in [3.63, 3.8) is 0 Å². The molecule has 0 saturated heterocycles. The van der Waals surface area contributed by atoms with E-state index in [1.54, 1.807) is 0 Å². The van der Waals surface area contributed by atoms with Crippen molar-refractivity contribution >= 4 is 37.5 Å². The molecule has 5 heteroatoms. The molecule has 0 aliphatic rings. The number of aromatic nitrogens is 2.